The second kappa shape index (κ2) is 5.29. The predicted molar refractivity (Wildman–Crippen MR) is 52.4 cm³/mol. The van der Waals surface area contributed by atoms with Gasteiger partial charge in [-0.15, -0.1) is 11.3 Å². The number of thiazole rings is 1. The van der Waals surface area contributed by atoms with E-state index in [1.807, 2.05) is 0 Å². The number of aryl methyl sites for hydroxylation is 1. The monoisotopic (exact) mass is 253 g/mol. The largest absolute Gasteiger partial charge is 0.461 e. The van der Waals surface area contributed by atoms with Gasteiger partial charge in [-0.05, 0) is 13.3 Å². The van der Waals surface area contributed by atoms with Crippen LogP contribution in [0.4, 0.5) is 13.2 Å². The zero-order chi connectivity index (χ0) is 12.2. The Bertz CT molecular complexity index is 362. The van der Waals surface area contributed by atoms with Crippen molar-refractivity contribution in [3.8, 4) is 0 Å². The second-order valence-corrected chi connectivity index (χ2v) is 3.84. The smallest absolute Gasteiger partial charge is 0.389 e. The van der Waals surface area contributed by atoms with Crippen LogP contribution in [0, 0.1) is 0 Å². The van der Waals surface area contributed by atoms with E-state index < -0.39 is 18.6 Å². The molecular formula is C9H10F3NO2S. The highest BCUT2D eigenvalue weighted by Gasteiger charge is 2.27. The number of ether oxygens (including phenoxy) is 1. The van der Waals surface area contributed by atoms with Crippen molar-refractivity contribution in [3.63, 3.8) is 0 Å². The molecule has 0 aliphatic carbocycles. The third kappa shape index (κ3) is 4.18. The maximum absolute atomic E-state index is 11.9. The van der Waals surface area contributed by atoms with E-state index in [-0.39, 0.29) is 23.7 Å². The van der Waals surface area contributed by atoms with Crippen LogP contribution in [0.5, 0.6) is 0 Å². The van der Waals surface area contributed by atoms with Gasteiger partial charge in [-0.3, -0.25) is 0 Å². The summed E-state index contributed by atoms with van der Waals surface area (Å²) < 4.78 is 40.4. The lowest BCUT2D eigenvalue weighted by Gasteiger charge is -2.03. The van der Waals surface area contributed by atoms with Gasteiger partial charge in [0.05, 0.1) is 12.3 Å². The zero-order valence-electron chi connectivity index (χ0n) is 8.50. The molecule has 0 atom stereocenters. The number of halogens is 3. The maximum Gasteiger partial charge on any atom is 0.389 e. The summed E-state index contributed by atoms with van der Waals surface area (Å²) in [7, 11) is 0. The van der Waals surface area contributed by atoms with E-state index in [2.05, 4.69) is 9.72 Å². The van der Waals surface area contributed by atoms with Gasteiger partial charge in [0.1, 0.15) is 0 Å². The molecule has 1 rings (SSSR count). The Morgan fingerprint density at radius 1 is 1.56 bits per heavy atom. The molecule has 1 heterocycles. The number of carbonyl (C=O) groups is 1. The highest BCUT2D eigenvalue weighted by Crippen LogP contribution is 2.22. The molecule has 0 aromatic carbocycles. The van der Waals surface area contributed by atoms with Crippen LogP contribution in [0.3, 0.4) is 0 Å². The summed E-state index contributed by atoms with van der Waals surface area (Å²) >= 11 is 0.995. The molecule has 0 radical (unpaired) electrons. The molecule has 0 N–H and O–H groups in total. The molecule has 3 nitrogen and oxygen atoms in total. The Morgan fingerprint density at radius 2 is 2.25 bits per heavy atom. The normalized spacial score (nSPS) is 11.5. The number of aromatic nitrogens is 1. The van der Waals surface area contributed by atoms with Gasteiger partial charge in [0.2, 0.25) is 5.01 Å². The molecule has 1 aromatic rings. The predicted octanol–water partition coefficient (Wildman–Crippen LogP) is 2.81. The lowest BCUT2D eigenvalue weighted by atomic mass is 10.2. The molecule has 0 saturated heterocycles. The first-order valence-electron chi connectivity index (χ1n) is 4.60. The molecule has 7 heteroatoms. The first-order valence-corrected chi connectivity index (χ1v) is 5.48. The van der Waals surface area contributed by atoms with Gasteiger partial charge in [0, 0.05) is 11.8 Å². The van der Waals surface area contributed by atoms with Gasteiger partial charge in [0.15, 0.2) is 0 Å². The first-order chi connectivity index (χ1) is 7.42. The van der Waals surface area contributed by atoms with Crippen LogP contribution >= 0.6 is 11.3 Å². The Morgan fingerprint density at radius 3 is 2.81 bits per heavy atom. The average molecular weight is 253 g/mol. The van der Waals surface area contributed by atoms with E-state index in [4.69, 9.17) is 0 Å². The minimum absolute atomic E-state index is 0.0963. The molecular weight excluding hydrogens is 243 g/mol. The summed E-state index contributed by atoms with van der Waals surface area (Å²) in [6, 6.07) is 0. The summed E-state index contributed by atoms with van der Waals surface area (Å²) in [5.41, 5.74) is 0.269. The minimum atomic E-state index is -4.20. The van der Waals surface area contributed by atoms with Crippen molar-refractivity contribution in [3.05, 3.63) is 16.1 Å². The fraction of sp³-hybridized carbons (Fsp3) is 0.556. The van der Waals surface area contributed by atoms with Crippen molar-refractivity contribution in [2.75, 3.05) is 6.61 Å². The van der Waals surface area contributed by atoms with E-state index in [0.29, 0.717) is 0 Å². The standard InChI is InChI=1S/C9H10F3NO2S/c1-2-15-8(14)7-13-6(5-16-7)3-4-9(10,11)12/h5H,2-4H2,1H3. The van der Waals surface area contributed by atoms with E-state index in [1.165, 1.54) is 5.38 Å². The van der Waals surface area contributed by atoms with E-state index in [9.17, 15) is 18.0 Å². The average Bonchev–Trinajstić information content (AvgIpc) is 2.62. The van der Waals surface area contributed by atoms with Crippen LogP contribution in [-0.2, 0) is 11.2 Å². The summed E-state index contributed by atoms with van der Waals surface area (Å²) in [5.74, 6) is -0.592. The Labute approximate surface area is 94.3 Å². The van der Waals surface area contributed by atoms with Crippen LogP contribution < -0.4 is 0 Å². The number of hydrogen-bond acceptors (Lipinski definition) is 4. The third-order valence-corrected chi connectivity index (χ3v) is 2.54. The Balaban J connectivity index is 2.55. The van der Waals surface area contributed by atoms with Gasteiger partial charge >= 0.3 is 12.1 Å². The molecule has 0 unspecified atom stereocenters. The Kier molecular flexibility index (Phi) is 4.28. The van der Waals surface area contributed by atoms with Crippen molar-refractivity contribution in [2.24, 2.45) is 0 Å². The number of esters is 1. The highest BCUT2D eigenvalue weighted by atomic mass is 32.1. The molecule has 0 spiro atoms. The molecule has 0 saturated carbocycles. The summed E-state index contributed by atoms with van der Waals surface area (Å²) in [6.45, 7) is 1.87. The molecule has 90 valence electrons. The SMILES string of the molecule is CCOC(=O)c1nc(CCC(F)(F)F)cs1. The molecule has 1 aromatic heterocycles. The number of nitrogens with zero attached hydrogens (tertiary/aromatic N) is 1. The summed E-state index contributed by atoms with van der Waals surface area (Å²) in [6.07, 6.45) is -5.34. The van der Waals surface area contributed by atoms with Crippen molar-refractivity contribution in [1.82, 2.24) is 4.98 Å². The maximum atomic E-state index is 11.9. The van der Waals surface area contributed by atoms with Crippen LogP contribution in [0.15, 0.2) is 5.38 Å². The lowest BCUT2D eigenvalue weighted by Crippen LogP contribution is -2.09. The van der Waals surface area contributed by atoms with E-state index in [0.717, 1.165) is 11.3 Å². The van der Waals surface area contributed by atoms with Crippen LogP contribution in [0.2, 0.25) is 0 Å². The number of hydrogen-bond donors (Lipinski definition) is 0. The summed E-state index contributed by atoms with van der Waals surface area (Å²) in [5, 5.41) is 1.54. The molecule has 0 amide bonds. The van der Waals surface area contributed by atoms with E-state index >= 15 is 0 Å². The third-order valence-electron chi connectivity index (χ3n) is 1.67. The molecule has 0 aliphatic rings. The minimum Gasteiger partial charge on any atom is -0.461 e. The van der Waals surface area contributed by atoms with E-state index in [1.54, 1.807) is 6.92 Å². The zero-order valence-corrected chi connectivity index (χ0v) is 9.32. The lowest BCUT2D eigenvalue weighted by molar-refractivity contribution is -0.134. The van der Waals surface area contributed by atoms with Gasteiger partial charge < -0.3 is 4.74 Å². The van der Waals surface area contributed by atoms with Crippen LogP contribution in [0.25, 0.3) is 0 Å². The van der Waals surface area contributed by atoms with Crippen LogP contribution in [-0.4, -0.2) is 23.7 Å². The molecule has 0 fully saturated rings. The van der Waals surface area contributed by atoms with Crippen molar-refractivity contribution >= 4 is 17.3 Å². The number of alkyl halides is 3. The van der Waals surface area contributed by atoms with Gasteiger partial charge in [-0.2, -0.15) is 13.2 Å². The summed E-state index contributed by atoms with van der Waals surface area (Å²) in [4.78, 5) is 14.9. The second-order valence-electron chi connectivity index (χ2n) is 2.98. The van der Waals surface area contributed by atoms with Crippen LogP contribution in [0.1, 0.15) is 28.8 Å². The molecule has 0 bridgehead atoms. The number of rotatable bonds is 4. The first kappa shape index (κ1) is 13.0. The topological polar surface area (TPSA) is 39.2 Å². The van der Waals surface area contributed by atoms with Crippen molar-refractivity contribution in [2.45, 2.75) is 25.9 Å². The quantitative estimate of drug-likeness (QED) is 0.774. The molecule has 0 aliphatic heterocycles. The number of carbonyl (C=O) groups excluding carboxylic acids is 1. The Hall–Kier alpha value is -1.11. The van der Waals surface area contributed by atoms with Gasteiger partial charge in [0.25, 0.3) is 0 Å². The fourth-order valence-electron chi connectivity index (χ4n) is 0.978. The highest BCUT2D eigenvalue weighted by molar-refractivity contribution is 7.11. The van der Waals surface area contributed by atoms with Gasteiger partial charge in [-0.1, -0.05) is 0 Å². The van der Waals surface area contributed by atoms with Crippen molar-refractivity contribution in [1.29, 1.82) is 0 Å². The van der Waals surface area contributed by atoms with Gasteiger partial charge in [-0.25, -0.2) is 9.78 Å². The van der Waals surface area contributed by atoms with Crippen molar-refractivity contribution < 1.29 is 22.7 Å². The fourth-order valence-corrected chi connectivity index (χ4v) is 1.72. The molecule has 16 heavy (non-hydrogen) atoms.